The zero-order valence-electron chi connectivity index (χ0n) is 13.1. The topological polar surface area (TPSA) is 46.2 Å². The van der Waals surface area contributed by atoms with Crippen LogP contribution in [0.2, 0.25) is 0 Å². The Morgan fingerprint density at radius 3 is 1.76 bits per heavy atom. The molecule has 1 unspecified atom stereocenters. The van der Waals surface area contributed by atoms with Gasteiger partial charge in [0.25, 0.3) is 0 Å². The smallest absolute Gasteiger partial charge is 0.163 e. The van der Waals surface area contributed by atoms with Crippen molar-refractivity contribution in [3.63, 3.8) is 0 Å². The van der Waals surface area contributed by atoms with E-state index in [9.17, 15) is 9.59 Å². The predicted molar refractivity (Wildman–Crippen MR) is 92.3 cm³/mol. The molecule has 1 N–H and O–H groups in total. The zero-order chi connectivity index (χ0) is 15.7. The Bertz CT molecular complexity index is 465. The third-order valence-corrected chi connectivity index (χ3v) is 5.14. The molecule has 1 atom stereocenters. The molecule has 120 valence electrons. The second-order valence-corrected chi connectivity index (χ2v) is 8.24. The maximum Gasteiger partial charge on any atom is 0.163 e. The molecule has 2 saturated heterocycles. The van der Waals surface area contributed by atoms with Crippen LogP contribution >= 0.6 is 11.8 Å². The first-order chi connectivity index (χ1) is 8.99. The minimum atomic E-state index is -0.364. The number of nitrogens with one attached hydrogen (secondary N) is 1. The molecule has 0 aromatic carbocycles. The van der Waals surface area contributed by atoms with Crippen LogP contribution < -0.4 is 5.32 Å². The zero-order valence-corrected chi connectivity index (χ0v) is 13.9. The van der Waals surface area contributed by atoms with E-state index in [1.807, 2.05) is 34.6 Å². The summed E-state index contributed by atoms with van der Waals surface area (Å²) >= 11 is 1.59. The van der Waals surface area contributed by atoms with Crippen LogP contribution in [0.1, 0.15) is 54.9 Å². The molecule has 4 heteroatoms. The van der Waals surface area contributed by atoms with Gasteiger partial charge in [-0.15, -0.1) is 11.8 Å². The molecule has 0 bridgehead atoms. The first-order valence-electron chi connectivity index (χ1n) is 6.88. The average Bonchev–Trinajstić information content (AvgIpc) is 2.65. The molecule has 0 spiro atoms. The van der Waals surface area contributed by atoms with Gasteiger partial charge in [-0.05, 0) is 31.6 Å². The minimum absolute atomic E-state index is 0. The number of allylic oxidation sites excluding steroid dienone is 2. The van der Waals surface area contributed by atoms with E-state index in [2.05, 4.69) is 18.5 Å². The number of rotatable bonds is 1. The predicted octanol–water partition coefficient (Wildman–Crippen LogP) is 4.10. The fraction of sp³-hybridized carbons (Fsp3) is 0.647. The van der Waals surface area contributed by atoms with Crippen LogP contribution in [0.3, 0.4) is 0 Å². The van der Waals surface area contributed by atoms with Crippen LogP contribution in [0.25, 0.3) is 0 Å². The summed E-state index contributed by atoms with van der Waals surface area (Å²) in [6, 6.07) is 0. The van der Waals surface area contributed by atoms with Gasteiger partial charge in [-0.3, -0.25) is 9.59 Å². The summed E-state index contributed by atoms with van der Waals surface area (Å²) in [5.74, 6) is 0.893. The second-order valence-electron chi connectivity index (χ2n) is 6.44. The lowest BCUT2D eigenvalue weighted by Gasteiger charge is -2.27. The van der Waals surface area contributed by atoms with Crippen molar-refractivity contribution in [2.24, 2.45) is 5.92 Å². The van der Waals surface area contributed by atoms with Crippen LogP contribution in [0, 0.1) is 5.92 Å². The Hall–Kier alpha value is -1.03. The van der Waals surface area contributed by atoms with E-state index in [0.717, 1.165) is 10.6 Å². The third kappa shape index (κ3) is 4.47. The number of carbonyl (C=O) groups is 2. The van der Waals surface area contributed by atoms with Gasteiger partial charge in [0.05, 0.1) is 10.3 Å². The van der Waals surface area contributed by atoms with Crippen molar-refractivity contribution < 1.29 is 9.59 Å². The van der Waals surface area contributed by atoms with E-state index in [1.54, 1.807) is 11.8 Å². The van der Waals surface area contributed by atoms with E-state index >= 15 is 0 Å². The lowest BCUT2D eigenvalue weighted by Crippen LogP contribution is -2.46. The fourth-order valence-electron chi connectivity index (χ4n) is 2.17. The molecule has 2 rings (SSSR count). The lowest BCUT2D eigenvalue weighted by atomic mass is 9.86. The Labute approximate surface area is 133 Å². The minimum Gasteiger partial charge on any atom is -0.376 e. The maximum atomic E-state index is 11.4. The molecule has 0 saturated carbocycles. The van der Waals surface area contributed by atoms with Crippen LogP contribution in [-0.4, -0.2) is 21.9 Å². The van der Waals surface area contributed by atoms with Gasteiger partial charge in [0.1, 0.15) is 0 Å². The summed E-state index contributed by atoms with van der Waals surface area (Å²) in [4.78, 5) is 23.5. The summed E-state index contributed by atoms with van der Waals surface area (Å²) in [5, 5.41) is 3.14. The number of hydrogen-bond donors (Lipinski definition) is 1. The molecule has 3 nitrogen and oxygen atoms in total. The quantitative estimate of drug-likeness (QED) is 0.792. The SMILES string of the molecule is C.C=C1CC(=O)C(C)(C(C)C)N1.C=C1CC(=O)C(C)(C)S1. The van der Waals surface area contributed by atoms with Gasteiger partial charge < -0.3 is 5.32 Å². The molecule has 21 heavy (non-hydrogen) atoms. The number of Topliss-reactive ketones (excluding diaryl/α,β-unsaturated/α-hetero) is 2. The molecule has 0 radical (unpaired) electrons. The van der Waals surface area contributed by atoms with Crippen molar-refractivity contribution in [3.05, 3.63) is 23.8 Å². The lowest BCUT2D eigenvalue weighted by molar-refractivity contribution is -0.123. The van der Waals surface area contributed by atoms with E-state index < -0.39 is 0 Å². The van der Waals surface area contributed by atoms with Crippen LogP contribution in [0.5, 0.6) is 0 Å². The van der Waals surface area contributed by atoms with E-state index in [1.165, 1.54) is 0 Å². The highest BCUT2D eigenvalue weighted by atomic mass is 32.2. The monoisotopic (exact) mass is 311 g/mol. The van der Waals surface area contributed by atoms with E-state index in [4.69, 9.17) is 0 Å². The molecule has 2 fully saturated rings. The van der Waals surface area contributed by atoms with Gasteiger partial charge in [0.2, 0.25) is 0 Å². The van der Waals surface area contributed by atoms with Gasteiger partial charge in [-0.2, -0.15) is 0 Å². The van der Waals surface area contributed by atoms with Crippen molar-refractivity contribution in [1.82, 2.24) is 5.32 Å². The van der Waals surface area contributed by atoms with Crippen LogP contribution in [-0.2, 0) is 9.59 Å². The number of ketones is 2. The highest BCUT2D eigenvalue weighted by Gasteiger charge is 2.41. The molecule has 2 aliphatic heterocycles. The van der Waals surface area contributed by atoms with Gasteiger partial charge in [0.15, 0.2) is 11.6 Å². The molecule has 2 aliphatic rings. The van der Waals surface area contributed by atoms with Gasteiger partial charge in [-0.25, -0.2) is 0 Å². The van der Waals surface area contributed by atoms with Crippen molar-refractivity contribution in [3.8, 4) is 0 Å². The number of thioether (sulfide) groups is 1. The van der Waals surface area contributed by atoms with Crippen molar-refractivity contribution in [2.45, 2.75) is 65.2 Å². The van der Waals surface area contributed by atoms with Crippen molar-refractivity contribution in [2.75, 3.05) is 0 Å². The summed E-state index contributed by atoms with van der Waals surface area (Å²) in [5.41, 5.74) is 0.489. The Kier molecular flexibility index (Phi) is 6.49. The van der Waals surface area contributed by atoms with Crippen LogP contribution in [0.4, 0.5) is 0 Å². The summed E-state index contributed by atoms with van der Waals surface area (Å²) in [6.07, 6.45) is 1.06. The van der Waals surface area contributed by atoms with Gasteiger partial charge >= 0.3 is 0 Å². The highest BCUT2D eigenvalue weighted by molar-refractivity contribution is 8.05. The van der Waals surface area contributed by atoms with E-state index in [0.29, 0.717) is 24.5 Å². The average molecular weight is 311 g/mol. The molecule has 0 aromatic heterocycles. The van der Waals surface area contributed by atoms with Gasteiger partial charge in [0, 0.05) is 18.5 Å². The standard InChI is InChI=1S/C9H15NO.C7H10OS.CH4/c1-6(2)9(4)8(11)5-7(3)10-9;1-5-4-6(8)7(2,3)9-5;/h6,10H,3,5H2,1-2,4H3;1,4H2,2-3H3;1H4. The largest absolute Gasteiger partial charge is 0.376 e. The van der Waals surface area contributed by atoms with Crippen LogP contribution in [0.15, 0.2) is 23.8 Å². The third-order valence-electron chi connectivity index (χ3n) is 3.97. The number of carbonyl (C=O) groups excluding carboxylic acids is 2. The van der Waals surface area contributed by atoms with Crippen molar-refractivity contribution >= 4 is 23.3 Å². The van der Waals surface area contributed by atoms with Gasteiger partial charge in [-0.1, -0.05) is 34.4 Å². The first kappa shape index (κ1) is 20.0. The molecule has 0 aliphatic carbocycles. The normalized spacial score (nSPS) is 27.1. The van der Waals surface area contributed by atoms with E-state index in [-0.39, 0.29) is 23.5 Å². The molecular weight excluding hydrogens is 282 g/mol. The summed E-state index contributed by atoms with van der Waals surface area (Å²) in [6.45, 7) is 17.4. The summed E-state index contributed by atoms with van der Waals surface area (Å²) in [7, 11) is 0. The summed E-state index contributed by atoms with van der Waals surface area (Å²) < 4.78 is -0.197. The first-order valence-corrected chi connectivity index (χ1v) is 7.70. The Balaban J connectivity index is 0.000000370. The number of hydrogen-bond acceptors (Lipinski definition) is 4. The highest BCUT2D eigenvalue weighted by Crippen LogP contribution is 2.41. The molecule has 0 aromatic rings. The molecule has 2 heterocycles. The second kappa shape index (κ2) is 6.82. The fourth-order valence-corrected chi connectivity index (χ4v) is 3.28. The van der Waals surface area contributed by atoms with Crippen molar-refractivity contribution in [1.29, 1.82) is 0 Å². The Morgan fingerprint density at radius 1 is 1.10 bits per heavy atom. The maximum absolute atomic E-state index is 11.4. The molecule has 0 amide bonds. The molecular formula is C17H29NO2S. The Morgan fingerprint density at radius 2 is 1.62 bits per heavy atom.